The van der Waals surface area contributed by atoms with Gasteiger partial charge in [0.1, 0.15) is 12.6 Å². The van der Waals surface area contributed by atoms with Gasteiger partial charge in [-0.2, -0.15) is 0 Å². The molecule has 0 radical (unpaired) electrons. The summed E-state index contributed by atoms with van der Waals surface area (Å²) in [5.74, 6) is -2.21. The highest BCUT2D eigenvalue weighted by Gasteiger charge is 2.31. The normalized spacial score (nSPS) is 15.3. The Bertz CT molecular complexity index is 808. The molecule has 1 aromatic carbocycles. The van der Waals surface area contributed by atoms with Gasteiger partial charge in [-0.15, -0.1) is 0 Å². The third-order valence-corrected chi connectivity index (χ3v) is 4.65. The summed E-state index contributed by atoms with van der Waals surface area (Å²) in [7, 11) is 0. The number of hydrogen-bond donors (Lipinski definition) is 3. The first-order valence-corrected chi connectivity index (χ1v) is 10.1. The zero-order valence-electron chi connectivity index (χ0n) is 17.7. The fourth-order valence-electron chi connectivity index (χ4n) is 3.30. The van der Waals surface area contributed by atoms with Crippen LogP contribution in [-0.4, -0.2) is 42.4 Å². The van der Waals surface area contributed by atoms with Gasteiger partial charge >= 0.3 is 6.03 Å². The molecule has 0 aromatic heterocycles. The molecule has 2 atom stereocenters. The molecule has 0 aliphatic carbocycles. The largest absolute Gasteiger partial charge is 0.548 e. The number of hydrogen-bond acceptors (Lipinski definition) is 5. The molecule has 0 unspecified atom stereocenters. The number of para-hydroxylation sites is 2. The predicted octanol–water partition coefficient (Wildman–Crippen LogP) is 0.850. The lowest BCUT2D eigenvalue weighted by atomic mass is 10.0. The van der Waals surface area contributed by atoms with Crippen LogP contribution in [0.25, 0.3) is 0 Å². The molecular formula is C21H29N4O5-. The van der Waals surface area contributed by atoms with E-state index in [1.807, 2.05) is 27.7 Å². The molecule has 30 heavy (non-hydrogen) atoms. The van der Waals surface area contributed by atoms with Crippen molar-refractivity contribution in [1.29, 1.82) is 0 Å². The Balaban J connectivity index is 2.17. The Morgan fingerprint density at radius 1 is 1.03 bits per heavy atom. The molecule has 0 saturated heterocycles. The molecule has 0 fully saturated rings. The Kier molecular flexibility index (Phi) is 7.79. The van der Waals surface area contributed by atoms with Crippen molar-refractivity contribution in [2.75, 3.05) is 16.8 Å². The zero-order valence-corrected chi connectivity index (χ0v) is 17.7. The average Bonchev–Trinajstić information content (AvgIpc) is 2.65. The number of amides is 4. The van der Waals surface area contributed by atoms with Gasteiger partial charge in [-0.05, 0) is 36.8 Å². The number of urea groups is 1. The highest BCUT2D eigenvalue weighted by atomic mass is 16.4. The van der Waals surface area contributed by atoms with Crippen LogP contribution in [0.4, 0.5) is 16.2 Å². The number of aliphatic carboxylic acids is 1. The van der Waals surface area contributed by atoms with Gasteiger partial charge in [0.15, 0.2) is 0 Å². The number of carboxylic acids is 1. The summed E-state index contributed by atoms with van der Waals surface area (Å²) >= 11 is 0. The minimum Gasteiger partial charge on any atom is -0.548 e. The van der Waals surface area contributed by atoms with E-state index in [1.165, 1.54) is 4.90 Å². The van der Waals surface area contributed by atoms with Crippen LogP contribution in [0.3, 0.4) is 0 Å². The Hall–Kier alpha value is -3.10. The summed E-state index contributed by atoms with van der Waals surface area (Å²) in [6, 6.07) is 4.15. The lowest BCUT2D eigenvalue weighted by Crippen LogP contribution is -2.57. The third-order valence-electron chi connectivity index (χ3n) is 4.65. The van der Waals surface area contributed by atoms with Gasteiger partial charge in [-0.25, -0.2) is 4.79 Å². The number of carbonyl (C=O) groups is 4. The minimum absolute atomic E-state index is 0.0368. The molecule has 3 N–H and O–H groups in total. The molecule has 0 saturated carbocycles. The maximum atomic E-state index is 12.9. The second-order valence-corrected chi connectivity index (χ2v) is 8.29. The molecule has 0 bridgehead atoms. The summed E-state index contributed by atoms with van der Waals surface area (Å²) < 4.78 is 0. The van der Waals surface area contributed by atoms with Crippen LogP contribution in [0.1, 0.15) is 40.5 Å². The van der Waals surface area contributed by atoms with Crippen LogP contribution < -0.4 is 26.0 Å². The van der Waals surface area contributed by atoms with Gasteiger partial charge in [0.25, 0.3) is 0 Å². The number of carbonyl (C=O) groups excluding carboxylic acids is 4. The Morgan fingerprint density at radius 2 is 1.63 bits per heavy atom. The average molecular weight is 417 g/mol. The molecule has 1 heterocycles. The van der Waals surface area contributed by atoms with Crippen LogP contribution in [-0.2, 0) is 14.4 Å². The predicted molar refractivity (Wildman–Crippen MR) is 111 cm³/mol. The number of carboxylic acid groups (broad SMARTS) is 1. The number of nitrogens with one attached hydrogen (secondary N) is 3. The van der Waals surface area contributed by atoms with Gasteiger partial charge in [0, 0.05) is 0 Å². The van der Waals surface area contributed by atoms with Crippen molar-refractivity contribution >= 4 is 35.2 Å². The number of benzene rings is 1. The van der Waals surface area contributed by atoms with E-state index < -0.39 is 30.0 Å². The van der Waals surface area contributed by atoms with E-state index >= 15 is 0 Å². The first kappa shape index (κ1) is 23.2. The fraction of sp³-hybridized carbons (Fsp3) is 0.524. The molecule has 164 valence electrons. The second-order valence-electron chi connectivity index (χ2n) is 8.29. The van der Waals surface area contributed by atoms with Crippen molar-refractivity contribution in [3.8, 4) is 0 Å². The smallest absolute Gasteiger partial charge is 0.323 e. The van der Waals surface area contributed by atoms with Gasteiger partial charge < -0.3 is 25.9 Å². The van der Waals surface area contributed by atoms with Gasteiger partial charge in [0.2, 0.25) is 11.8 Å². The molecular weight excluding hydrogens is 388 g/mol. The maximum absolute atomic E-state index is 12.9. The summed E-state index contributed by atoms with van der Waals surface area (Å²) in [6.07, 6.45) is 0.525. The summed E-state index contributed by atoms with van der Waals surface area (Å²) in [5, 5.41) is 19.2. The summed E-state index contributed by atoms with van der Waals surface area (Å²) in [6.45, 7) is 7.28. The van der Waals surface area contributed by atoms with E-state index in [1.54, 1.807) is 24.3 Å². The van der Waals surface area contributed by atoms with Crippen molar-refractivity contribution in [2.45, 2.75) is 52.6 Å². The van der Waals surface area contributed by atoms with Crippen LogP contribution in [0.5, 0.6) is 0 Å². The topological polar surface area (TPSA) is 131 Å². The molecule has 1 aromatic rings. The molecule has 4 amide bonds. The van der Waals surface area contributed by atoms with E-state index in [-0.39, 0.29) is 30.7 Å². The highest BCUT2D eigenvalue weighted by Crippen LogP contribution is 2.28. The lowest BCUT2D eigenvalue weighted by molar-refractivity contribution is -0.308. The molecule has 0 spiro atoms. The van der Waals surface area contributed by atoms with Crippen molar-refractivity contribution in [2.24, 2.45) is 11.8 Å². The van der Waals surface area contributed by atoms with Crippen molar-refractivity contribution < 1.29 is 24.3 Å². The molecule has 9 nitrogen and oxygen atoms in total. The van der Waals surface area contributed by atoms with Crippen LogP contribution in [0.2, 0.25) is 0 Å². The van der Waals surface area contributed by atoms with E-state index in [2.05, 4.69) is 16.0 Å². The Labute approximate surface area is 176 Å². The molecule has 1 aliphatic heterocycles. The van der Waals surface area contributed by atoms with Gasteiger partial charge in [-0.3, -0.25) is 14.5 Å². The second kappa shape index (κ2) is 10.1. The minimum atomic E-state index is -1.37. The first-order valence-electron chi connectivity index (χ1n) is 10.1. The van der Waals surface area contributed by atoms with E-state index in [4.69, 9.17) is 0 Å². The Morgan fingerprint density at radius 3 is 2.23 bits per heavy atom. The van der Waals surface area contributed by atoms with E-state index in [9.17, 15) is 24.3 Å². The van der Waals surface area contributed by atoms with E-state index in [0.717, 1.165) is 0 Å². The number of rotatable bonds is 8. The molecule has 2 rings (SSSR count). The zero-order chi connectivity index (χ0) is 22.4. The molecule has 9 heteroatoms. The van der Waals surface area contributed by atoms with Gasteiger partial charge in [0.05, 0.1) is 23.4 Å². The number of anilines is 2. The number of nitrogens with zero attached hydrogens (tertiary/aromatic N) is 1. The van der Waals surface area contributed by atoms with Crippen LogP contribution in [0, 0.1) is 11.8 Å². The third kappa shape index (κ3) is 6.20. The van der Waals surface area contributed by atoms with Gasteiger partial charge in [-0.1, -0.05) is 39.8 Å². The monoisotopic (exact) mass is 417 g/mol. The number of fused-ring (bicyclic) bond motifs is 1. The SMILES string of the molecule is CC(C)C[C@H](NC(=O)[C@H](CC(C)C)NC(=O)N1CC(=O)Nc2ccccc21)C(=O)[O-]. The quantitative estimate of drug-likeness (QED) is 0.577. The highest BCUT2D eigenvalue weighted by molar-refractivity contribution is 6.10. The maximum Gasteiger partial charge on any atom is 0.323 e. The van der Waals surface area contributed by atoms with Crippen LogP contribution >= 0.6 is 0 Å². The summed E-state index contributed by atoms with van der Waals surface area (Å²) in [4.78, 5) is 50.3. The lowest BCUT2D eigenvalue weighted by Gasteiger charge is -2.31. The van der Waals surface area contributed by atoms with Crippen molar-refractivity contribution in [3.63, 3.8) is 0 Å². The standard InChI is InChI=1S/C21H30N4O5/c1-12(2)9-15(19(27)23-16(20(28)29)10-13(3)4)24-21(30)25-11-18(26)22-14-7-5-6-8-17(14)25/h5-8,12-13,15-16H,9-11H2,1-4H3,(H,22,26)(H,23,27)(H,24,30)(H,28,29)/p-1/t15-,16-/m0/s1. The van der Waals surface area contributed by atoms with Crippen LogP contribution in [0.15, 0.2) is 24.3 Å². The summed E-state index contributed by atoms with van der Waals surface area (Å²) in [5.41, 5.74) is 1.02. The van der Waals surface area contributed by atoms with E-state index in [0.29, 0.717) is 17.8 Å². The molecule has 1 aliphatic rings. The van der Waals surface area contributed by atoms with Crippen molar-refractivity contribution in [1.82, 2.24) is 10.6 Å². The first-order chi connectivity index (χ1) is 14.1. The fourth-order valence-corrected chi connectivity index (χ4v) is 3.30. The van der Waals surface area contributed by atoms with Crippen molar-refractivity contribution in [3.05, 3.63) is 24.3 Å².